The minimum Gasteiger partial charge on any atom is -0.463 e. The lowest BCUT2D eigenvalue weighted by atomic mass is 10.3. The molecule has 2 atom stereocenters. The van der Waals surface area contributed by atoms with Gasteiger partial charge >= 0.3 is 5.97 Å². The molecule has 11 heavy (non-hydrogen) atoms. The predicted octanol–water partition coefficient (Wildman–Crippen LogP) is 0.893. The van der Waals surface area contributed by atoms with Crippen LogP contribution in [-0.4, -0.2) is 24.8 Å². The fourth-order valence-corrected chi connectivity index (χ4v) is 0.768. The second-order valence-corrected chi connectivity index (χ2v) is 2.42. The molecule has 0 saturated carbocycles. The fraction of sp³-hybridized carbons (Fsp3) is 0.625. The molecule has 62 valence electrons. The number of rotatable bonds is 3. The van der Waals surface area contributed by atoms with Gasteiger partial charge in [0.1, 0.15) is 6.10 Å². The van der Waals surface area contributed by atoms with Gasteiger partial charge in [0.2, 0.25) is 0 Å². The highest BCUT2D eigenvalue weighted by Crippen LogP contribution is 2.21. The molecule has 1 saturated heterocycles. The average Bonchev–Trinajstić information content (AvgIpc) is 2.63. The van der Waals surface area contributed by atoms with Crippen LogP contribution in [-0.2, 0) is 14.3 Å². The molecule has 0 N–H and O–H groups in total. The van der Waals surface area contributed by atoms with Crippen molar-refractivity contribution in [2.75, 3.05) is 6.61 Å². The zero-order valence-electron chi connectivity index (χ0n) is 6.74. The second-order valence-electron chi connectivity index (χ2n) is 2.42. The molecule has 0 aromatic heterocycles. The summed E-state index contributed by atoms with van der Waals surface area (Å²) in [5.74, 6) is -0.296. The molecule has 1 heterocycles. The zero-order chi connectivity index (χ0) is 8.27. The first-order chi connectivity index (χ1) is 5.24. The maximum absolute atomic E-state index is 10.7. The number of hydrogen-bond acceptors (Lipinski definition) is 3. The Balaban J connectivity index is 2.18. The first kappa shape index (κ1) is 8.27. The Morgan fingerprint density at radius 2 is 2.36 bits per heavy atom. The maximum Gasteiger partial charge on any atom is 0.330 e. The molecule has 1 rings (SSSR count). The molecule has 3 heteroatoms. The van der Waals surface area contributed by atoms with Gasteiger partial charge in [-0.2, -0.15) is 0 Å². The van der Waals surface area contributed by atoms with Gasteiger partial charge in [-0.25, -0.2) is 4.79 Å². The van der Waals surface area contributed by atoms with Crippen LogP contribution in [0.2, 0.25) is 0 Å². The molecule has 2 unspecified atom stereocenters. The number of hydrogen-bond donors (Lipinski definition) is 0. The lowest BCUT2D eigenvalue weighted by Gasteiger charge is -1.92. The van der Waals surface area contributed by atoms with Crippen LogP contribution in [0.15, 0.2) is 12.2 Å². The van der Waals surface area contributed by atoms with Crippen LogP contribution in [0.4, 0.5) is 0 Å². The Morgan fingerprint density at radius 1 is 1.73 bits per heavy atom. The molecule has 1 aliphatic rings. The van der Waals surface area contributed by atoms with Crippen molar-refractivity contribution in [3.05, 3.63) is 12.2 Å². The van der Waals surface area contributed by atoms with Gasteiger partial charge in [-0.15, -0.1) is 0 Å². The first-order valence-corrected chi connectivity index (χ1v) is 3.74. The summed E-state index contributed by atoms with van der Waals surface area (Å²) < 4.78 is 9.72. The van der Waals surface area contributed by atoms with E-state index in [1.165, 1.54) is 6.08 Å². The zero-order valence-corrected chi connectivity index (χ0v) is 6.74. The highest BCUT2D eigenvalue weighted by Gasteiger charge is 2.31. The molecule has 0 amide bonds. The van der Waals surface area contributed by atoms with E-state index < -0.39 is 0 Å². The van der Waals surface area contributed by atoms with Crippen LogP contribution in [0, 0.1) is 0 Å². The Kier molecular flexibility index (Phi) is 2.65. The molecule has 0 radical (unpaired) electrons. The summed E-state index contributed by atoms with van der Waals surface area (Å²) in [6.45, 7) is 4.16. The van der Waals surface area contributed by atoms with Gasteiger partial charge < -0.3 is 9.47 Å². The molecule has 0 spiro atoms. The van der Waals surface area contributed by atoms with Gasteiger partial charge in [-0.1, -0.05) is 0 Å². The van der Waals surface area contributed by atoms with Crippen molar-refractivity contribution in [2.45, 2.75) is 26.1 Å². The predicted molar refractivity (Wildman–Crippen MR) is 40.1 cm³/mol. The molecule has 0 aromatic rings. The minimum atomic E-state index is -0.296. The number of esters is 1. The molecule has 1 fully saturated rings. The van der Waals surface area contributed by atoms with Crippen molar-refractivity contribution < 1.29 is 14.3 Å². The van der Waals surface area contributed by atoms with Gasteiger partial charge in [-0.05, 0) is 19.9 Å². The molecule has 0 bridgehead atoms. The topological polar surface area (TPSA) is 38.8 Å². The number of carbonyl (C=O) groups is 1. The highest BCUT2D eigenvalue weighted by atomic mass is 16.6. The summed E-state index contributed by atoms with van der Waals surface area (Å²) >= 11 is 0. The molecule has 3 nitrogen and oxygen atoms in total. The van der Waals surface area contributed by atoms with Crippen molar-refractivity contribution in [1.29, 1.82) is 0 Å². The van der Waals surface area contributed by atoms with Gasteiger partial charge in [0.05, 0.1) is 12.7 Å². The largest absolute Gasteiger partial charge is 0.463 e. The van der Waals surface area contributed by atoms with Crippen LogP contribution >= 0.6 is 0 Å². The van der Waals surface area contributed by atoms with E-state index >= 15 is 0 Å². The van der Waals surface area contributed by atoms with E-state index in [-0.39, 0.29) is 18.2 Å². The quantitative estimate of drug-likeness (QED) is 0.346. The first-order valence-electron chi connectivity index (χ1n) is 3.74. The summed E-state index contributed by atoms with van der Waals surface area (Å²) in [5.41, 5.74) is 0. The van der Waals surface area contributed by atoms with Crippen LogP contribution in [0.5, 0.6) is 0 Å². The van der Waals surface area contributed by atoms with E-state index in [4.69, 9.17) is 4.74 Å². The Bertz CT molecular complexity index is 174. The highest BCUT2D eigenvalue weighted by molar-refractivity contribution is 5.82. The third kappa shape index (κ3) is 2.72. The summed E-state index contributed by atoms with van der Waals surface area (Å²) in [4.78, 5) is 10.7. The second kappa shape index (κ2) is 3.53. The molecule has 0 aliphatic carbocycles. The third-order valence-electron chi connectivity index (χ3n) is 1.47. The third-order valence-corrected chi connectivity index (χ3v) is 1.47. The van der Waals surface area contributed by atoms with Crippen molar-refractivity contribution in [1.82, 2.24) is 0 Å². The van der Waals surface area contributed by atoms with Crippen molar-refractivity contribution in [3.63, 3.8) is 0 Å². The SMILES string of the molecule is CCOC(=O)/C=C/C1OC1C. The van der Waals surface area contributed by atoms with E-state index in [1.807, 2.05) is 6.92 Å². The number of epoxide rings is 1. The lowest BCUT2D eigenvalue weighted by Crippen LogP contribution is -1.99. The molecular weight excluding hydrogens is 144 g/mol. The molecule has 0 aromatic carbocycles. The lowest BCUT2D eigenvalue weighted by molar-refractivity contribution is -0.137. The van der Waals surface area contributed by atoms with E-state index in [2.05, 4.69) is 4.74 Å². The summed E-state index contributed by atoms with van der Waals surface area (Å²) in [5, 5.41) is 0. The smallest absolute Gasteiger partial charge is 0.330 e. The van der Waals surface area contributed by atoms with Crippen molar-refractivity contribution >= 4 is 5.97 Å². The van der Waals surface area contributed by atoms with Gasteiger partial charge in [0.15, 0.2) is 0 Å². The summed E-state index contributed by atoms with van der Waals surface area (Å²) in [6.07, 6.45) is 3.53. The monoisotopic (exact) mass is 156 g/mol. The normalized spacial score (nSPS) is 28.9. The van der Waals surface area contributed by atoms with E-state index in [0.717, 1.165) is 0 Å². The van der Waals surface area contributed by atoms with E-state index in [1.54, 1.807) is 13.0 Å². The van der Waals surface area contributed by atoms with Crippen LogP contribution < -0.4 is 0 Å². The van der Waals surface area contributed by atoms with Gasteiger partial charge in [-0.3, -0.25) is 0 Å². The minimum absolute atomic E-state index is 0.124. The Morgan fingerprint density at radius 3 is 2.82 bits per heavy atom. The number of carbonyl (C=O) groups excluding carboxylic acids is 1. The standard InChI is InChI=1S/C8H12O3/c1-3-10-8(9)5-4-7-6(2)11-7/h4-7H,3H2,1-2H3/b5-4+. The van der Waals surface area contributed by atoms with E-state index in [9.17, 15) is 4.79 Å². The van der Waals surface area contributed by atoms with Crippen LogP contribution in [0.1, 0.15) is 13.8 Å². The van der Waals surface area contributed by atoms with Gasteiger partial charge in [0.25, 0.3) is 0 Å². The Labute approximate surface area is 66.0 Å². The fourth-order valence-electron chi connectivity index (χ4n) is 0.768. The summed E-state index contributed by atoms with van der Waals surface area (Å²) in [6, 6.07) is 0. The van der Waals surface area contributed by atoms with Crippen molar-refractivity contribution in [3.8, 4) is 0 Å². The maximum atomic E-state index is 10.7. The molecule has 1 aliphatic heterocycles. The number of ether oxygens (including phenoxy) is 2. The Hall–Kier alpha value is -0.830. The summed E-state index contributed by atoms with van der Waals surface area (Å²) in [7, 11) is 0. The van der Waals surface area contributed by atoms with Gasteiger partial charge in [0, 0.05) is 6.08 Å². The average molecular weight is 156 g/mol. The van der Waals surface area contributed by atoms with E-state index in [0.29, 0.717) is 6.61 Å². The van der Waals surface area contributed by atoms with Crippen LogP contribution in [0.25, 0.3) is 0 Å². The van der Waals surface area contributed by atoms with Crippen molar-refractivity contribution in [2.24, 2.45) is 0 Å². The molecular formula is C8H12O3. The van der Waals surface area contributed by atoms with Crippen LogP contribution in [0.3, 0.4) is 0 Å².